The molecule has 0 spiro atoms. The Hall–Kier alpha value is -3.30. The van der Waals surface area contributed by atoms with Crippen LogP contribution in [0.5, 0.6) is 11.6 Å². The number of anilines is 2. The number of carbonyl (C=O) groups is 1. The number of hydrogen-bond donors (Lipinski definition) is 1. The lowest BCUT2D eigenvalue weighted by atomic mass is 10.1. The summed E-state index contributed by atoms with van der Waals surface area (Å²) >= 11 is 0. The van der Waals surface area contributed by atoms with Gasteiger partial charge in [0, 0.05) is 33.4 Å². The zero-order chi connectivity index (χ0) is 22.1. The molecule has 1 aliphatic rings. The maximum absolute atomic E-state index is 13.0. The number of benzene rings is 1. The summed E-state index contributed by atoms with van der Waals surface area (Å²) in [5, 5.41) is 3.22. The van der Waals surface area contributed by atoms with Crippen LogP contribution in [0.4, 0.5) is 28.9 Å². The highest BCUT2D eigenvalue weighted by molar-refractivity contribution is 5.91. The highest BCUT2D eigenvalue weighted by Gasteiger charge is 2.33. The van der Waals surface area contributed by atoms with Crippen LogP contribution in [0.2, 0.25) is 0 Å². The Morgan fingerprint density at radius 3 is 2.40 bits per heavy atom. The number of aromatic nitrogens is 1. The van der Waals surface area contributed by atoms with E-state index in [-0.39, 0.29) is 30.8 Å². The number of hydrogen-bond acceptors (Lipinski definition) is 5. The molecule has 1 aromatic carbocycles. The number of nitrogens with one attached hydrogen (secondary N) is 1. The minimum absolute atomic E-state index is 0.167. The van der Waals surface area contributed by atoms with E-state index in [1.165, 1.54) is 23.2 Å². The van der Waals surface area contributed by atoms with Crippen molar-refractivity contribution in [3.63, 3.8) is 0 Å². The van der Waals surface area contributed by atoms with E-state index < -0.39 is 23.5 Å². The summed E-state index contributed by atoms with van der Waals surface area (Å²) in [6.07, 6.45) is -2.92. The van der Waals surface area contributed by atoms with Crippen molar-refractivity contribution in [2.24, 2.45) is 0 Å². The number of amides is 1. The predicted molar refractivity (Wildman–Crippen MR) is 104 cm³/mol. The molecule has 0 aliphatic carbocycles. The predicted octanol–water partition coefficient (Wildman–Crippen LogP) is 4.06. The molecule has 6 nitrogen and oxygen atoms in total. The molecule has 30 heavy (non-hydrogen) atoms. The molecule has 1 amide bonds. The van der Waals surface area contributed by atoms with Gasteiger partial charge in [-0.3, -0.25) is 4.79 Å². The zero-order valence-corrected chi connectivity index (χ0v) is 16.3. The molecule has 0 atom stereocenters. The molecule has 160 valence electrons. The Morgan fingerprint density at radius 2 is 1.87 bits per heavy atom. The van der Waals surface area contributed by atoms with Crippen molar-refractivity contribution in [1.29, 1.82) is 0 Å². The minimum atomic E-state index is -4.44. The van der Waals surface area contributed by atoms with Gasteiger partial charge in [0.1, 0.15) is 11.4 Å². The van der Waals surface area contributed by atoms with Crippen molar-refractivity contribution in [1.82, 2.24) is 9.88 Å². The molecule has 2 aromatic rings. The quantitative estimate of drug-likeness (QED) is 0.560. The van der Waals surface area contributed by atoms with Crippen molar-refractivity contribution in [3.8, 4) is 11.6 Å². The van der Waals surface area contributed by atoms with Gasteiger partial charge in [-0.15, -0.1) is 0 Å². The zero-order valence-electron chi connectivity index (χ0n) is 16.3. The van der Waals surface area contributed by atoms with Gasteiger partial charge in [0.05, 0.1) is 17.3 Å². The second-order valence-electron chi connectivity index (χ2n) is 6.99. The minimum Gasteiger partial charge on any atom is -0.437 e. The molecule has 10 heteroatoms. The molecule has 0 unspecified atom stereocenters. The maximum atomic E-state index is 13.0. The van der Waals surface area contributed by atoms with Gasteiger partial charge in [0.2, 0.25) is 5.88 Å². The topological polar surface area (TPSA) is 57.7 Å². The number of nitrogens with zero attached hydrogens (tertiary/aromatic N) is 3. The summed E-state index contributed by atoms with van der Waals surface area (Å²) in [5.74, 6) is -1.42. The third-order valence-corrected chi connectivity index (χ3v) is 4.52. The first-order valence-corrected chi connectivity index (χ1v) is 8.98. The molecule has 1 aromatic heterocycles. The van der Waals surface area contributed by atoms with Crippen LogP contribution in [0.3, 0.4) is 0 Å². The van der Waals surface area contributed by atoms with Crippen molar-refractivity contribution < 1.29 is 27.1 Å². The van der Waals surface area contributed by atoms with E-state index in [0.29, 0.717) is 5.69 Å². The van der Waals surface area contributed by atoms with Gasteiger partial charge in [-0.2, -0.15) is 13.2 Å². The Bertz CT molecular complexity index is 939. The molecular weight excluding hydrogens is 404 g/mol. The second-order valence-corrected chi connectivity index (χ2v) is 6.99. The molecule has 1 fully saturated rings. The molecule has 0 bridgehead atoms. The molecule has 0 radical (unpaired) electrons. The molecule has 3 rings (SSSR count). The van der Waals surface area contributed by atoms with E-state index >= 15 is 0 Å². The van der Waals surface area contributed by atoms with E-state index in [1.807, 2.05) is 19.0 Å². The van der Waals surface area contributed by atoms with Crippen molar-refractivity contribution in [2.75, 3.05) is 37.4 Å². The van der Waals surface area contributed by atoms with Crippen LogP contribution in [0.25, 0.3) is 0 Å². The van der Waals surface area contributed by atoms with Gasteiger partial charge < -0.3 is 19.9 Å². The highest BCUT2D eigenvalue weighted by Crippen LogP contribution is 2.37. The van der Waals surface area contributed by atoms with Crippen LogP contribution in [-0.4, -0.2) is 49.0 Å². The fraction of sp³-hybridized carbons (Fsp3) is 0.300. The van der Waals surface area contributed by atoms with E-state index in [4.69, 9.17) is 4.74 Å². The Kier molecular flexibility index (Phi) is 5.86. The van der Waals surface area contributed by atoms with Crippen LogP contribution in [0, 0.1) is 0 Å². The van der Waals surface area contributed by atoms with Crippen molar-refractivity contribution in [2.45, 2.75) is 12.2 Å². The van der Waals surface area contributed by atoms with Gasteiger partial charge in [-0.1, -0.05) is 6.58 Å². The smallest absolute Gasteiger partial charge is 0.416 e. The van der Waals surface area contributed by atoms with Crippen LogP contribution >= 0.6 is 0 Å². The largest absolute Gasteiger partial charge is 0.437 e. The third kappa shape index (κ3) is 4.64. The summed E-state index contributed by atoms with van der Waals surface area (Å²) in [6, 6.07) is 5.86. The average molecular weight is 424 g/mol. The fourth-order valence-electron chi connectivity index (χ4n) is 2.95. The number of pyridine rings is 1. The second kappa shape index (κ2) is 8.21. The van der Waals surface area contributed by atoms with E-state index in [1.54, 1.807) is 6.07 Å². The Morgan fingerprint density at radius 1 is 1.23 bits per heavy atom. The monoisotopic (exact) mass is 424 g/mol. The number of ether oxygens (including phenoxy) is 1. The summed E-state index contributed by atoms with van der Waals surface area (Å²) in [5.41, 5.74) is 0.460. The van der Waals surface area contributed by atoms with Crippen LogP contribution in [0.1, 0.15) is 5.56 Å². The summed E-state index contributed by atoms with van der Waals surface area (Å²) in [7, 11) is 3.62. The molecule has 0 saturated carbocycles. The lowest BCUT2D eigenvalue weighted by Crippen LogP contribution is -2.57. The van der Waals surface area contributed by atoms with Crippen LogP contribution in [0.15, 0.2) is 48.9 Å². The molecule has 1 saturated heterocycles. The van der Waals surface area contributed by atoms with Crippen LogP contribution in [-0.2, 0) is 11.0 Å². The van der Waals surface area contributed by atoms with Gasteiger partial charge >= 0.3 is 6.18 Å². The number of rotatable bonds is 6. The summed E-state index contributed by atoms with van der Waals surface area (Å²) in [6.45, 7) is 3.54. The van der Waals surface area contributed by atoms with E-state index in [2.05, 4.69) is 16.9 Å². The maximum Gasteiger partial charge on any atom is 0.416 e. The summed E-state index contributed by atoms with van der Waals surface area (Å²) < 4.78 is 57.0. The lowest BCUT2D eigenvalue weighted by Gasteiger charge is -2.40. The van der Waals surface area contributed by atoms with E-state index in [0.717, 1.165) is 17.8 Å². The Balaban J connectivity index is 1.79. The van der Waals surface area contributed by atoms with Gasteiger partial charge in [-0.05, 0) is 30.3 Å². The standard InChI is InChI=1S/C20H20F4N4O2/c1-12(21)19(29)28-10-14(11-28)26-17-16(27(2)3)8-9-25-18(17)30-15-6-4-13(5-7-15)20(22,23)24/h4-9,14,26H,1,10-11H2,2-3H3. The highest BCUT2D eigenvalue weighted by atomic mass is 19.4. The number of carbonyl (C=O) groups excluding carboxylic acids is 1. The number of halogens is 4. The normalized spacial score (nSPS) is 14.1. The molecule has 1 N–H and O–H groups in total. The SMILES string of the molecule is C=C(F)C(=O)N1CC(Nc2c(N(C)C)ccnc2Oc2ccc(C(F)(F)F)cc2)C1. The van der Waals surface area contributed by atoms with Gasteiger partial charge in [-0.25, -0.2) is 9.37 Å². The third-order valence-electron chi connectivity index (χ3n) is 4.52. The van der Waals surface area contributed by atoms with E-state index in [9.17, 15) is 22.4 Å². The van der Waals surface area contributed by atoms with Crippen molar-refractivity contribution >= 4 is 17.3 Å². The fourth-order valence-corrected chi connectivity index (χ4v) is 2.95. The first kappa shape index (κ1) is 21.4. The first-order valence-electron chi connectivity index (χ1n) is 8.98. The summed E-state index contributed by atoms with van der Waals surface area (Å²) in [4.78, 5) is 18.9. The van der Waals surface area contributed by atoms with Gasteiger partial charge in [0.25, 0.3) is 5.91 Å². The van der Waals surface area contributed by atoms with Gasteiger partial charge in [0.15, 0.2) is 5.83 Å². The molecular formula is C20H20F4N4O2. The number of likely N-dealkylation sites (tertiary alicyclic amines) is 1. The molecule has 1 aliphatic heterocycles. The Labute approximate surface area is 170 Å². The van der Waals surface area contributed by atoms with Crippen LogP contribution < -0.4 is 15.0 Å². The lowest BCUT2D eigenvalue weighted by molar-refractivity contribution is -0.137. The first-order chi connectivity index (χ1) is 14.1. The van der Waals surface area contributed by atoms with Crippen molar-refractivity contribution in [3.05, 3.63) is 54.5 Å². The number of alkyl halides is 3. The molecule has 2 heterocycles. The average Bonchev–Trinajstić information content (AvgIpc) is 2.64.